The highest BCUT2D eigenvalue weighted by Gasteiger charge is 2.34. The molecule has 214 valence electrons. The lowest BCUT2D eigenvalue weighted by Gasteiger charge is -2.32. The summed E-state index contributed by atoms with van der Waals surface area (Å²) >= 11 is 1.46. The van der Waals surface area contributed by atoms with Crippen LogP contribution in [0.2, 0.25) is 0 Å². The third-order valence-electron chi connectivity index (χ3n) is 7.23. The molecule has 1 aliphatic rings. The predicted molar refractivity (Wildman–Crippen MR) is 155 cm³/mol. The number of methoxy groups -OCH3 is 2. The summed E-state index contributed by atoms with van der Waals surface area (Å²) in [5.74, 6) is 1.36. The molecule has 0 aliphatic heterocycles. The van der Waals surface area contributed by atoms with Crippen LogP contribution in [0, 0.1) is 0 Å². The van der Waals surface area contributed by atoms with Gasteiger partial charge in [0.1, 0.15) is 24.1 Å². The first-order valence-electron chi connectivity index (χ1n) is 13.7. The van der Waals surface area contributed by atoms with Gasteiger partial charge in [-0.2, -0.15) is 4.80 Å². The standard InChI is InChI=1S/C30H34N6O4S/c1-39-24-14-10-21(11-15-24)19-35(28(26-9-6-18-41-26)30(38)31-23-7-4-3-5-8-23)27(37)20-36-33-29(32-34-36)22-12-16-25(40-2)17-13-22/h6,9-18,23,28H,3-5,7-8,19-20H2,1-2H3,(H,31,38). The van der Waals surface area contributed by atoms with E-state index in [2.05, 4.69) is 20.7 Å². The highest BCUT2D eigenvalue weighted by atomic mass is 32.1. The van der Waals surface area contributed by atoms with Crippen molar-refractivity contribution in [3.05, 3.63) is 76.5 Å². The van der Waals surface area contributed by atoms with E-state index in [-0.39, 0.29) is 30.9 Å². The molecule has 2 heterocycles. The number of hydrogen-bond donors (Lipinski definition) is 1. The maximum Gasteiger partial charge on any atom is 0.248 e. The summed E-state index contributed by atoms with van der Waals surface area (Å²) in [6.45, 7) is 0.0570. The Hall–Kier alpha value is -4.25. The summed E-state index contributed by atoms with van der Waals surface area (Å²) in [5.41, 5.74) is 1.62. The van der Waals surface area contributed by atoms with Crippen molar-refractivity contribution in [2.45, 2.75) is 57.3 Å². The van der Waals surface area contributed by atoms with Crippen LogP contribution in [0.4, 0.5) is 0 Å². The van der Waals surface area contributed by atoms with Crippen LogP contribution >= 0.6 is 11.3 Å². The van der Waals surface area contributed by atoms with Gasteiger partial charge < -0.3 is 19.7 Å². The van der Waals surface area contributed by atoms with E-state index >= 15 is 0 Å². The summed E-state index contributed by atoms with van der Waals surface area (Å²) in [5, 5.41) is 17.9. The van der Waals surface area contributed by atoms with Crippen molar-refractivity contribution in [2.75, 3.05) is 14.2 Å². The van der Waals surface area contributed by atoms with E-state index < -0.39 is 6.04 Å². The number of carbonyl (C=O) groups excluding carboxylic acids is 2. The van der Waals surface area contributed by atoms with E-state index in [1.165, 1.54) is 22.6 Å². The highest BCUT2D eigenvalue weighted by molar-refractivity contribution is 7.10. The van der Waals surface area contributed by atoms with E-state index in [0.29, 0.717) is 11.6 Å². The fourth-order valence-corrected chi connectivity index (χ4v) is 5.86. The molecule has 1 aliphatic carbocycles. The molecule has 1 atom stereocenters. The lowest BCUT2D eigenvalue weighted by Crippen LogP contribution is -2.47. The minimum atomic E-state index is -0.795. The number of rotatable bonds is 11. The number of tetrazole rings is 1. The number of nitrogens with zero attached hydrogens (tertiary/aromatic N) is 5. The van der Waals surface area contributed by atoms with E-state index in [4.69, 9.17) is 9.47 Å². The monoisotopic (exact) mass is 574 g/mol. The van der Waals surface area contributed by atoms with Crippen molar-refractivity contribution in [3.63, 3.8) is 0 Å². The van der Waals surface area contributed by atoms with Crippen LogP contribution in [-0.4, -0.2) is 57.2 Å². The second kappa shape index (κ2) is 13.4. The van der Waals surface area contributed by atoms with Crippen LogP contribution in [0.25, 0.3) is 11.4 Å². The van der Waals surface area contributed by atoms with Gasteiger partial charge in [0.2, 0.25) is 17.6 Å². The van der Waals surface area contributed by atoms with Crippen LogP contribution in [0.3, 0.4) is 0 Å². The highest BCUT2D eigenvalue weighted by Crippen LogP contribution is 2.29. The zero-order chi connectivity index (χ0) is 28.6. The van der Waals surface area contributed by atoms with Crippen molar-refractivity contribution in [3.8, 4) is 22.9 Å². The molecule has 2 aromatic carbocycles. The van der Waals surface area contributed by atoms with Gasteiger partial charge in [0.25, 0.3) is 0 Å². The maximum atomic E-state index is 14.0. The van der Waals surface area contributed by atoms with Crippen molar-refractivity contribution >= 4 is 23.2 Å². The van der Waals surface area contributed by atoms with E-state index in [9.17, 15) is 9.59 Å². The Kier molecular flexibility index (Phi) is 9.25. The minimum Gasteiger partial charge on any atom is -0.497 e. The van der Waals surface area contributed by atoms with Crippen LogP contribution in [0.5, 0.6) is 11.5 Å². The largest absolute Gasteiger partial charge is 0.497 e. The number of hydrogen-bond acceptors (Lipinski definition) is 8. The summed E-state index contributed by atoms with van der Waals surface area (Å²) < 4.78 is 10.5. The minimum absolute atomic E-state index is 0.112. The molecule has 0 bridgehead atoms. The molecule has 1 saturated carbocycles. The van der Waals surface area contributed by atoms with Crippen LogP contribution in [0.1, 0.15) is 48.6 Å². The van der Waals surface area contributed by atoms with Crippen LogP contribution in [0.15, 0.2) is 66.0 Å². The first-order valence-corrected chi connectivity index (χ1v) is 14.6. The van der Waals surface area contributed by atoms with Gasteiger partial charge in [-0.1, -0.05) is 37.5 Å². The van der Waals surface area contributed by atoms with E-state index in [1.807, 2.05) is 66.0 Å². The molecule has 1 unspecified atom stereocenters. The molecule has 0 spiro atoms. The molecule has 5 rings (SSSR count). The first kappa shape index (κ1) is 28.3. The summed E-state index contributed by atoms with van der Waals surface area (Å²) in [4.78, 5) is 31.5. The molecular weight excluding hydrogens is 540 g/mol. The molecule has 10 nitrogen and oxygen atoms in total. The normalized spacial score (nSPS) is 14.3. The van der Waals surface area contributed by atoms with Gasteiger partial charge in [-0.15, -0.1) is 21.5 Å². The average molecular weight is 575 g/mol. The van der Waals surface area contributed by atoms with Gasteiger partial charge in [-0.25, -0.2) is 0 Å². The Morgan fingerprint density at radius 3 is 2.32 bits per heavy atom. The van der Waals surface area contributed by atoms with E-state index in [0.717, 1.165) is 47.4 Å². The van der Waals surface area contributed by atoms with Crippen LogP contribution < -0.4 is 14.8 Å². The Bertz CT molecular complexity index is 1420. The molecule has 4 aromatic rings. The second-order valence-electron chi connectivity index (χ2n) is 10.0. The van der Waals surface area contributed by atoms with Crippen LogP contribution in [-0.2, 0) is 22.7 Å². The number of amides is 2. The summed E-state index contributed by atoms with van der Waals surface area (Å²) in [7, 11) is 3.21. The molecule has 1 fully saturated rings. The van der Waals surface area contributed by atoms with Crippen molar-refractivity contribution in [1.82, 2.24) is 30.4 Å². The SMILES string of the molecule is COc1ccc(CN(C(=O)Cn2nnc(-c3ccc(OC)cc3)n2)C(C(=O)NC2CCCCC2)c2cccs2)cc1. The van der Waals surface area contributed by atoms with Crippen molar-refractivity contribution in [2.24, 2.45) is 0 Å². The third kappa shape index (κ3) is 7.10. The van der Waals surface area contributed by atoms with Crippen molar-refractivity contribution < 1.29 is 19.1 Å². The Morgan fingerprint density at radius 1 is 1.00 bits per heavy atom. The first-order chi connectivity index (χ1) is 20.0. The Labute approximate surface area is 243 Å². The third-order valence-corrected chi connectivity index (χ3v) is 8.16. The summed E-state index contributed by atoms with van der Waals surface area (Å²) in [6.07, 6.45) is 5.28. The lowest BCUT2D eigenvalue weighted by molar-refractivity contribution is -0.142. The molecule has 41 heavy (non-hydrogen) atoms. The predicted octanol–water partition coefficient (Wildman–Crippen LogP) is 4.64. The van der Waals surface area contributed by atoms with Gasteiger partial charge >= 0.3 is 0 Å². The average Bonchev–Trinajstić information content (AvgIpc) is 3.71. The quantitative estimate of drug-likeness (QED) is 0.278. The van der Waals surface area contributed by atoms with Crippen molar-refractivity contribution in [1.29, 1.82) is 0 Å². The second-order valence-corrected chi connectivity index (χ2v) is 11.0. The molecular formula is C30H34N6O4S. The molecule has 11 heteroatoms. The van der Waals surface area contributed by atoms with Gasteiger partial charge in [0.15, 0.2) is 0 Å². The molecule has 2 aromatic heterocycles. The van der Waals surface area contributed by atoms with Gasteiger partial charge in [0, 0.05) is 23.0 Å². The number of aromatic nitrogens is 4. The Balaban J connectivity index is 1.42. The molecule has 0 radical (unpaired) electrons. The fourth-order valence-electron chi connectivity index (χ4n) is 5.03. The van der Waals surface area contributed by atoms with Gasteiger partial charge in [-0.3, -0.25) is 9.59 Å². The number of benzene rings is 2. The zero-order valence-electron chi connectivity index (χ0n) is 23.2. The number of nitrogens with one attached hydrogen (secondary N) is 1. The summed E-state index contributed by atoms with van der Waals surface area (Å²) in [6, 6.07) is 17.9. The molecule has 1 N–H and O–H groups in total. The van der Waals surface area contributed by atoms with Gasteiger partial charge in [-0.05, 0) is 71.5 Å². The van der Waals surface area contributed by atoms with Gasteiger partial charge in [0.05, 0.1) is 14.2 Å². The molecule has 2 amide bonds. The maximum absolute atomic E-state index is 14.0. The number of carbonyl (C=O) groups is 2. The fraction of sp³-hybridized carbons (Fsp3) is 0.367. The van der Waals surface area contributed by atoms with E-state index in [1.54, 1.807) is 19.1 Å². The number of ether oxygens (including phenoxy) is 2. The molecule has 0 saturated heterocycles. The number of thiophene rings is 1. The zero-order valence-corrected chi connectivity index (χ0v) is 24.0. The lowest BCUT2D eigenvalue weighted by atomic mass is 9.95. The Morgan fingerprint density at radius 2 is 1.68 bits per heavy atom. The topological polar surface area (TPSA) is 111 Å². The smallest absolute Gasteiger partial charge is 0.248 e.